The lowest BCUT2D eigenvalue weighted by Gasteiger charge is -2.20. The van der Waals surface area contributed by atoms with Gasteiger partial charge in [0.05, 0.1) is 13.2 Å². The van der Waals surface area contributed by atoms with Crippen LogP contribution >= 0.6 is 0 Å². The second kappa shape index (κ2) is 7.26. The van der Waals surface area contributed by atoms with Crippen molar-refractivity contribution in [2.75, 3.05) is 7.11 Å². The average molecular weight is 298 g/mol. The molecule has 0 bridgehead atoms. The first kappa shape index (κ1) is 15.6. The number of amides is 1. The van der Waals surface area contributed by atoms with Gasteiger partial charge in [-0.2, -0.15) is 0 Å². The van der Waals surface area contributed by atoms with Crippen LogP contribution in [0.25, 0.3) is 0 Å². The molecule has 0 aliphatic carbocycles. The Morgan fingerprint density at radius 3 is 2.27 bits per heavy atom. The average Bonchev–Trinajstić information content (AvgIpc) is 2.54. The summed E-state index contributed by atoms with van der Waals surface area (Å²) in [5, 5.41) is 13.6. The topological polar surface area (TPSA) is 78.5 Å². The van der Waals surface area contributed by atoms with E-state index in [1.54, 1.807) is 55.6 Å². The molecule has 1 N–H and O–H groups in total. The van der Waals surface area contributed by atoms with E-state index in [0.29, 0.717) is 16.9 Å². The van der Waals surface area contributed by atoms with Gasteiger partial charge in [-0.1, -0.05) is 30.3 Å². The first-order chi connectivity index (χ1) is 10.6. The zero-order valence-electron chi connectivity index (χ0n) is 12.1. The summed E-state index contributed by atoms with van der Waals surface area (Å²) in [5.74, 6) is -0.924. The Bertz CT molecular complexity index is 637. The van der Waals surface area contributed by atoms with Gasteiger partial charge in [-0.15, -0.1) is 0 Å². The standard InChI is InChI=1S/C17H17NO4/c1-22-14-9-7-13(8-10-14)17(21)18-15(11-16(19)20)12-5-3-2-4-6-12/h2-10,15H,11H2,1H3,(H,18,21)(H,19,20)/p-1/t15-/m1/s1. The molecule has 0 aliphatic heterocycles. The number of benzene rings is 2. The number of carboxylic acids is 1. The molecule has 1 atom stereocenters. The second-order valence-corrected chi connectivity index (χ2v) is 4.74. The molecular weight excluding hydrogens is 282 g/mol. The van der Waals surface area contributed by atoms with Gasteiger partial charge in [-0.05, 0) is 29.8 Å². The Hall–Kier alpha value is -2.82. The van der Waals surface area contributed by atoms with Crippen LogP contribution < -0.4 is 15.2 Å². The summed E-state index contributed by atoms with van der Waals surface area (Å²) in [6, 6.07) is 14.9. The third kappa shape index (κ3) is 4.09. The van der Waals surface area contributed by atoms with Gasteiger partial charge in [-0.25, -0.2) is 0 Å². The smallest absolute Gasteiger partial charge is 0.251 e. The maximum Gasteiger partial charge on any atom is 0.251 e. The molecule has 5 heteroatoms. The lowest BCUT2D eigenvalue weighted by molar-refractivity contribution is -0.306. The number of rotatable bonds is 6. The lowest BCUT2D eigenvalue weighted by Crippen LogP contribution is -2.34. The number of carboxylic acid groups (broad SMARTS) is 1. The van der Waals surface area contributed by atoms with Crippen LogP contribution in [0.4, 0.5) is 0 Å². The summed E-state index contributed by atoms with van der Waals surface area (Å²) in [5.41, 5.74) is 1.15. The highest BCUT2D eigenvalue weighted by Gasteiger charge is 2.16. The molecule has 114 valence electrons. The lowest BCUT2D eigenvalue weighted by atomic mass is 10.0. The molecule has 0 heterocycles. The summed E-state index contributed by atoms with van der Waals surface area (Å²) in [6.45, 7) is 0. The fourth-order valence-corrected chi connectivity index (χ4v) is 2.09. The van der Waals surface area contributed by atoms with Gasteiger partial charge in [0.2, 0.25) is 0 Å². The van der Waals surface area contributed by atoms with Gasteiger partial charge in [0.15, 0.2) is 0 Å². The van der Waals surface area contributed by atoms with E-state index in [1.807, 2.05) is 6.07 Å². The van der Waals surface area contributed by atoms with Crippen LogP contribution in [0.15, 0.2) is 54.6 Å². The Kier molecular flexibility index (Phi) is 5.14. The van der Waals surface area contributed by atoms with Gasteiger partial charge in [0, 0.05) is 18.0 Å². The van der Waals surface area contributed by atoms with E-state index in [2.05, 4.69) is 5.32 Å². The highest BCUT2D eigenvalue weighted by molar-refractivity contribution is 5.94. The van der Waals surface area contributed by atoms with Crippen LogP contribution in [0.3, 0.4) is 0 Å². The number of hydrogen-bond acceptors (Lipinski definition) is 4. The number of hydrogen-bond donors (Lipinski definition) is 1. The Morgan fingerprint density at radius 2 is 1.73 bits per heavy atom. The number of carbonyl (C=O) groups is 2. The van der Waals surface area contributed by atoms with Crippen molar-refractivity contribution in [3.8, 4) is 5.75 Å². The summed E-state index contributed by atoms with van der Waals surface area (Å²) >= 11 is 0. The van der Waals surface area contributed by atoms with Crippen LogP contribution in [0.1, 0.15) is 28.4 Å². The first-order valence-corrected chi connectivity index (χ1v) is 6.80. The van der Waals surface area contributed by atoms with Crippen LogP contribution in [-0.4, -0.2) is 19.0 Å². The molecule has 0 unspecified atom stereocenters. The fraction of sp³-hybridized carbons (Fsp3) is 0.176. The van der Waals surface area contributed by atoms with Crippen molar-refractivity contribution in [2.24, 2.45) is 0 Å². The van der Waals surface area contributed by atoms with Gasteiger partial charge in [0.1, 0.15) is 5.75 Å². The monoisotopic (exact) mass is 298 g/mol. The summed E-state index contributed by atoms with van der Waals surface area (Å²) in [7, 11) is 1.54. The van der Waals surface area contributed by atoms with E-state index < -0.39 is 12.0 Å². The van der Waals surface area contributed by atoms with Crippen LogP contribution in [0, 0.1) is 0 Å². The molecule has 0 aromatic heterocycles. The van der Waals surface area contributed by atoms with Crippen LogP contribution in [0.2, 0.25) is 0 Å². The molecule has 0 aliphatic rings. The Morgan fingerprint density at radius 1 is 1.09 bits per heavy atom. The molecule has 1 amide bonds. The largest absolute Gasteiger partial charge is 0.550 e. The van der Waals surface area contributed by atoms with E-state index in [4.69, 9.17) is 4.74 Å². The van der Waals surface area contributed by atoms with E-state index in [9.17, 15) is 14.7 Å². The maximum absolute atomic E-state index is 12.2. The summed E-state index contributed by atoms with van der Waals surface area (Å²) in [6.07, 6.45) is -0.286. The third-order valence-corrected chi connectivity index (χ3v) is 3.23. The molecule has 0 saturated carbocycles. The molecule has 0 fully saturated rings. The van der Waals surface area contributed by atoms with Crippen molar-refractivity contribution in [1.29, 1.82) is 0 Å². The van der Waals surface area contributed by atoms with Crippen molar-refractivity contribution >= 4 is 11.9 Å². The predicted octanol–water partition coefficient (Wildman–Crippen LogP) is 1.31. The summed E-state index contributed by atoms with van der Waals surface area (Å²) in [4.78, 5) is 23.1. The van der Waals surface area contributed by atoms with Crippen LogP contribution in [-0.2, 0) is 4.79 Å². The van der Waals surface area contributed by atoms with E-state index >= 15 is 0 Å². The van der Waals surface area contributed by atoms with Gasteiger partial charge >= 0.3 is 0 Å². The van der Waals surface area contributed by atoms with Crippen molar-refractivity contribution in [1.82, 2.24) is 5.32 Å². The summed E-state index contributed by atoms with van der Waals surface area (Å²) < 4.78 is 5.03. The second-order valence-electron chi connectivity index (χ2n) is 4.74. The molecule has 2 aromatic carbocycles. The molecule has 22 heavy (non-hydrogen) atoms. The minimum absolute atomic E-state index is 0.286. The minimum Gasteiger partial charge on any atom is -0.550 e. The zero-order valence-corrected chi connectivity index (χ0v) is 12.1. The minimum atomic E-state index is -1.22. The molecular formula is C17H16NO4-. The molecule has 2 aromatic rings. The van der Waals surface area contributed by atoms with Gasteiger partial charge in [0.25, 0.3) is 5.91 Å². The van der Waals surface area contributed by atoms with Crippen LogP contribution in [0.5, 0.6) is 5.75 Å². The maximum atomic E-state index is 12.2. The van der Waals surface area contributed by atoms with E-state index in [1.165, 1.54) is 0 Å². The highest BCUT2D eigenvalue weighted by atomic mass is 16.5. The molecule has 5 nitrogen and oxygen atoms in total. The van der Waals surface area contributed by atoms with Crippen molar-refractivity contribution < 1.29 is 19.4 Å². The predicted molar refractivity (Wildman–Crippen MR) is 79.3 cm³/mol. The Balaban J connectivity index is 2.15. The first-order valence-electron chi connectivity index (χ1n) is 6.80. The van der Waals surface area contributed by atoms with Crippen molar-refractivity contribution in [3.05, 3.63) is 65.7 Å². The van der Waals surface area contributed by atoms with Crippen molar-refractivity contribution in [3.63, 3.8) is 0 Å². The number of ether oxygens (including phenoxy) is 1. The number of methoxy groups -OCH3 is 1. The third-order valence-electron chi connectivity index (χ3n) is 3.23. The quantitative estimate of drug-likeness (QED) is 0.872. The van der Waals surface area contributed by atoms with E-state index in [0.717, 1.165) is 0 Å². The zero-order chi connectivity index (χ0) is 15.9. The van der Waals surface area contributed by atoms with Crippen molar-refractivity contribution in [2.45, 2.75) is 12.5 Å². The number of carbonyl (C=O) groups excluding carboxylic acids is 2. The molecule has 0 saturated heterocycles. The molecule has 0 spiro atoms. The normalized spacial score (nSPS) is 11.5. The number of nitrogens with one attached hydrogen (secondary N) is 1. The van der Waals surface area contributed by atoms with Gasteiger partial charge < -0.3 is 20.0 Å². The number of aliphatic carboxylic acids is 1. The highest BCUT2D eigenvalue weighted by Crippen LogP contribution is 2.18. The van der Waals surface area contributed by atoms with Gasteiger partial charge in [-0.3, -0.25) is 4.79 Å². The molecule has 2 rings (SSSR count). The fourth-order valence-electron chi connectivity index (χ4n) is 2.09. The molecule has 0 radical (unpaired) electrons. The Labute approximate surface area is 128 Å². The van der Waals surface area contributed by atoms with E-state index in [-0.39, 0.29) is 12.3 Å². The SMILES string of the molecule is COc1ccc(C(=O)N[C@H](CC(=O)[O-])c2ccccc2)cc1.